The summed E-state index contributed by atoms with van der Waals surface area (Å²) < 4.78 is 39.3. The molecule has 4 aliphatic heterocycles. The van der Waals surface area contributed by atoms with Crippen molar-refractivity contribution in [1.29, 1.82) is 0 Å². The van der Waals surface area contributed by atoms with E-state index < -0.39 is 74.8 Å². The Kier molecular flexibility index (Phi) is 10.6. The minimum absolute atomic E-state index is 0.0502. The van der Waals surface area contributed by atoms with E-state index in [0.717, 1.165) is 42.4 Å². The van der Waals surface area contributed by atoms with Crippen molar-refractivity contribution in [2.45, 2.75) is 120 Å². The van der Waals surface area contributed by atoms with Crippen molar-refractivity contribution < 1.29 is 41.9 Å². The Morgan fingerprint density at radius 2 is 1.83 bits per heavy atom. The molecule has 0 aromatic heterocycles. The molecule has 7 rings (SSSR count). The summed E-state index contributed by atoms with van der Waals surface area (Å²) in [5.74, 6) is -2.38. The molecule has 5 bridgehead atoms. The maximum atomic E-state index is 14.4. The molecule has 4 heterocycles. The molecule has 1 aromatic carbocycles. The zero-order chi connectivity index (χ0) is 37.3. The molecule has 0 radical (unpaired) electrons. The molecule has 2 saturated carbocycles. The first-order chi connectivity index (χ1) is 25.4. The number of sulfonamides is 1. The monoisotopic (exact) mass is 751 g/mol. The van der Waals surface area contributed by atoms with Gasteiger partial charge in [-0.25, -0.2) is 18.0 Å². The van der Waals surface area contributed by atoms with Crippen LogP contribution < -0.4 is 15.4 Å². The number of ether oxygens (including phenoxy) is 2. The summed E-state index contributed by atoms with van der Waals surface area (Å²) in [5.41, 5.74) is 1.53. The molecule has 1 aromatic rings. The number of fused-ring (bicyclic) bond motifs is 4. The quantitative estimate of drug-likeness (QED) is 0.389. The van der Waals surface area contributed by atoms with Gasteiger partial charge in [0.2, 0.25) is 21.8 Å². The number of cyclic esters (lactones) is 1. The van der Waals surface area contributed by atoms with Gasteiger partial charge >= 0.3 is 12.2 Å². The number of nitrogens with one attached hydrogen (secondary N) is 3. The molecule has 0 spiro atoms. The maximum Gasteiger partial charge on any atom is 0.410 e. The van der Waals surface area contributed by atoms with Gasteiger partial charge in [0.15, 0.2) is 0 Å². The number of benzene rings is 1. The normalized spacial score (nSPS) is 32.5. The average molecular weight is 752 g/mol. The molecule has 3 N–H and O–H groups in total. The molecule has 2 aliphatic carbocycles. The van der Waals surface area contributed by atoms with E-state index in [4.69, 9.17) is 9.47 Å². The van der Waals surface area contributed by atoms with Crippen molar-refractivity contribution >= 4 is 46.0 Å². The molecule has 286 valence electrons. The van der Waals surface area contributed by atoms with Crippen LogP contribution in [0.15, 0.2) is 36.4 Å². The van der Waals surface area contributed by atoms with Gasteiger partial charge in [-0.3, -0.25) is 24.0 Å². The lowest BCUT2D eigenvalue weighted by molar-refractivity contribution is -0.141. The molecule has 14 nitrogen and oxygen atoms in total. The highest BCUT2D eigenvalue weighted by Gasteiger charge is 2.62. The second kappa shape index (κ2) is 15.2. The van der Waals surface area contributed by atoms with Crippen molar-refractivity contribution in [2.75, 3.05) is 13.2 Å². The Balaban J connectivity index is 1.17. The van der Waals surface area contributed by atoms with E-state index in [-0.39, 0.29) is 31.9 Å². The highest BCUT2D eigenvalue weighted by Crippen LogP contribution is 2.46. The Hall–Kier alpha value is -4.40. The predicted molar refractivity (Wildman–Crippen MR) is 193 cm³/mol. The van der Waals surface area contributed by atoms with Crippen LogP contribution >= 0.6 is 0 Å². The van der Waals surface area contributed by atoms with Crippen LogP contribution in [0.4, 0.5) is 9.59 Å². The lowest BCUT2D eigenvalue weighted by Crippen LogP contribution is -2.58. The number of nitrogens with zero attached hydrogens (tertiary/aromatic N) is 2. The molecule has 0 unspecified atom stereocenters. The van der Waals surface area contributed by atoms with Gasteiger partial charge in [-0.2, -0.15) is 0 Å². The van der Waals surface area contributed by atoms with Crippen LogP contribution in [0.3, 0.4) is 0 Å². The Morgan fingerprint density at radius 1 is 1.00 bits per heavy atom. The SMILES string of the molecule is C[C@H]1CC/C=C/c2cccc3c2CN(C3)C(=O)O[C@@H]2C[C@H]3C(=O)N[C@]4(C(=O)NS(=O)(=O)C5CC5)C[C@H]4/C=C\CCCCC[C@H](NC(=O)OC1)C(=O)N3C2. The number of amides is 5. The van der Waals surface area contributed by atoms with E-state index in [1.54, 1.807) is 4.90 Å². The van der Waals surface area contributed by atoms with Crippen LogP contribution in [-0.4, -0.2) is 90.3 Å². The fraction of sp³-hybridized carbons (Fsp3) is 0.605. The van der Waals surface area contributed by atoms with E-state index in [2.05, 4.69) is 21.4 Å². The van der Waals surface area contributed by atoms with Gasteiger partial charge in [-0.15, -0.1) is 0 Å². The molecular formula is C38H49N5O9S. The number of alkyl carbamates (subject to hydrolysis) is 1. The first-order valence-corrected chi connectivity index (χ1v) is 20.5. The second-order valence-electron chi connectivity index (χ2n) is 15.5. The molecule has 3 fully saturated rings. The molecule has 6 atom stereocenters. The molecule has 6 aliphatic rings. The standard InChI is InChI=1S/C38H49N5O9S/c1-24-10-7-8-11-25-12-9-13-26-20-42(22-30(25)26)37(48)52-28-18-32-33(44)40-38(35(46)41-53(49,50)29-16-17-29)19-27(38)14-5-3-2-4-6-15-31(34(45)43(32)21-28)39-36(47)51-23-24/h5,8-9,11-14,24,27-29,31-32H,2-4,6-7,10,15-23H2,1H3,(H,39,47)(H,40,44)(H,41,46)/b11-8+,14-5-/t24-,27+,28+,31-,32-,38+/m0/s1. The van der Waals surface area contributed by atoms with Crippen molar-refractivity contribution in [2.24, 2.45) is 11.8 Å². The summed E-state index contributed by atoms with van der Waals surface area (Å²) in [5, 5.41) is 4.95. The van der Waals surface area contributed by atoms with Gasteiger partial charge in [0, 0.05) is 18.9 Å². The van der Waals surface area contributed by atoms with Crippen LogP contribution in [-0.2, 0) is 47.0 Å². The highest BCUT2D eigenvalue weighted by molar-refractivity contribution is 7.91. The Morgan fingerprint density at radius 3 is 2.64 bits per heavy atom. The summed E-state index contributed by atoms with van der Waals surface area (Å²) in [6.07, 6.45) is 11.5. The lowest BCUT2D eigenvalue weighted by Gasteiger charge is -2.29. The van der Waals surface area contributed by atoms with Gasteiger partial charge in [0.05, 0.1) is 24.9 Å². The molecule has 53 heavy (non-hydrogen) atoms. The first kappa shape index (κ1) is 36.9. The summed E-state index contributed by atoms with van der Waals surface area (Å²) in [4.78, 5) is 72.0. The third-order valence-electron chi connectivity index (χ3n) is 11.3. The summed E-state index contributed by atoms with van der Waals surface area (Å²) in [6.45, 7) is 2.75. The number of carbonyl (C=O) groups excluding carboxylic acids is 5. The third-order valence-corrected chi connectivity index (χ3v) is 13.1. The fourth-order valence-electron chi connectivity index (χ4n) is 7.87. The smallest absolute Gasteiger partial charge is 0.410 e. The van der Waals surface area contributed by atoms with Crippen LogP contribution in [0.1, 0.15) is 94.2 Å². The minimum Gasteiger partial charge on any atom is -0.449 e. The number of hydrogen-bond donors (Lipinski definition) is 3. The predicted octanol–water partition coefficient (Wildman–Crippen LogP) is 3.65. The first-order valence-electron chi connectivity index (χ1n) is 18.9. The van der Waals surface area contributed by atoms with Crippen molar-refractivity contribution in [3.05, 3.63) is 53.1 Å². The molecule has 15 heteroatoms. The lowest BCUT2D eigenvalue weighted by atomic mass is 10.0. The highest BCUT2D eigenvalue weighted by atomic mass is 32.2. The number of hydrogen-bond acceptors (Lipinski definition) is 9. The van der Waals surface area contributed by atoms with Crippen LogP contribution in [0.25, 0.3) is 6.08 Å². The van der Waals surface area contributed by atoms with Gasteiger partial charge < -0.3 is 25.0 Å². The molecule has 5 amide bonds. The van der Waals surface area contributed by atoms with Crippen molar-refractivity contribution in [3.63, 3.8) is 0 Å². The summed E-state index contributed by atoms with van der Waals surface area (Å²) >= 11 is 0. The number of rotatable bonds is 3. The van der Waals surface area contributed by atoms with Crippen molar-refractivity contribution in [3.8, 4) is 0 Å². The van der Waals surface area contributed by atoms with Crippen LogP contribution in [0.5, 0.6) is 0 Å². The second-order valence-corrected chi connectivity index (χ2v) is 17.4. The van der Waals surface area contributed by atoms with E-state index in [1.165, 1.54) is 4.90 Å². The summed E-state index contributed by atoms with van der Waals surface area (Å²) in [6, 6.07) is 3.76. The third kappa shape index (κ3) is 8.24. The topological polar surface area (TPSA) is 181 Å². The van der Waals surface area contributed by atoms with Gasteiger partial charge in [-0.05, 0) is 74.0 Å². The number of carbonyl (C=O) groups is 5. The fourth-order valence-corrected chi connectivity index (χ4v) is 9.24. The maximum absolute atomic E-state index is 14.4. The zero-order valence-electron chi connectivity index (χ0n) is 30.1. The molecule has 1 saturated heterocycles. The zero-order valence-corrected chi connectivity index (χ0v) is 30.9. The summed E-state index contributed by atoms with van der Waals surface area (Å²) in [7, 11) is -3.90. The van der Waals surface area contributed by atoms with Crippen molar-refractivity contribution in [1.82, 2.24) is 25.2 Å². The minimum atomic E-state index is -3.90. The van der Waals surface area contributed by atoms with Crippen LogP contribution in [0, 0.1) is 11.8 Å². The van der Waals surface area contributed by atoms with E-state index in [0.29, 0.717) is 45.2 Å². The van der Waals surface area contributed by atoms with Gasteiger partial charge in [-0.1, -0.05) is 62.3 Å². The number of allylic oxidation sites excluding steroid dienone is 2. The van der Waals surface area contributed by atoms with E-state index in [1.807, 2.05) is 43.4 Å². The largest absolute Gasteiger partial charge is 0.449 e. The molecular weight excluding hydrogens is 703 g/mol. The van der Waals surface area contributed by atoms with E-state index >= 15 is 0 Å². The Bertz CT molecular complexity index is 1810. The van der Waals surface area contributed by atoms with Gasteiger partial charge in [0.1, 0.15) is 23.7 Å². The van der Waals surface area contributed by atoms with Crippen LogP contribution in [0.2, 0.25) is 0 Å². The average Bonchev–Trinajstić information content (AvgIpc) is 4.01. The Labute approximate surface area is 310 Å². The van der Waals surface area contributed by atoms with Gasteiger partial charge in [0.25, 0.3) is 5.91 Å². The van der Waals surface area contributed by atoms with E-state index in [9.17, 15) is 32.4 Å².